The number of hydrogen-bond donors (Lipinski definition) is 0. The molecule has 0 bridgehead atoms. The van der Waals surface area contributed by atoms with E-state index in [9.17, 15) is 4.79 Å². The van der Waals surface area contributed by atoms with Gasteiger partial charge < -0.3 is 14.2 Å². The minimum Gasteiger partial charge on any atom is -0.497 e. The van der Waals surface area contributed by atoms with E-state index < -0.39 is 0 Å². The molecule has 0 aliphatic rings. The lowest BCUT2D eigenvalue weighted by atomic mass is 9.87. The van der Waals surface area contributed by atoms with Crippen LogP contribution in [0.5, 0.6) is 11.5 Å². The predicted octanol–water partition coefficient (Wildman–Crippen LogP) is 4.18. The van der Waals surface area contributed by atoms with Crippen molar-refractivity contribution in [2.45, 2.75) is 32.3 Å². The number of benzene rings is 2. The molecule has 0 spiro atoms. The summed E-state index contributed by atoms with van der Waals surface area (Å²) in [6, 6.07) is 16.0. The standard InChI is InChI=1S/C20H24O4/c1-14(24-15(2)21)13-20(16-5-9-18(22-3)10-6-16)17-7-11-19(23-4)12-8-17/h5-12,14,20H,13H2,1-4H3. The maximum atomic E-state index is 11.2. The number of ether oxygens (including phenoxy) is 3. The third-order valence-electron chi connectivity index (χ3n) is 3.97. The van der Waals surface area contributed by atoms with E-state index in [1.807, 2.05) is 55.5 Å². The number of rotatable bonds is 7. The van der Waals surface area contributed by atoms with E-state index in [1.165, 1.54) is 6.92 Å². The van der Waals surface area contributed by atoms with Crippen molar-refractivity contribution in [2.75, 3.05) is 14.2 Å². The van der Waals surface area contributed by atoms with Crippen molar-refractivity contribution in [1.82, 2.24) is 0 Å². The number of carbonyl (C=O) groups is 1. The van der Waals surface area contributed by atoms with Crippen molar-refractivity contribution in [3.63, 3.8) is 0 Å². The number of esters is 1. The van der Waals surface area contributed by atoms with E-state index in [1.54, 1.807) is 14.2 Å². The molecular weight excluding hydrogens is 304 g/mol. The van der Waals surface area contributed by atoms with E-state index >= 15 is 0 Å². The average Bonchev–Trinajstić information content (AvgIpc) is 2.59. The van der Waals surface area contributed by atoms with Gasteiger partial charge >= 0.3 is 5.97 Å². The summed E-state index contributed by atoms with van der Waals surface area (Å²) in [4.78, 5) is 11.2. The molecule has 0 radical (unpaired) electrons. The first-order valence-electron chi connectivity index (χ1n) is 7.98. The fourth-order valence-electron chi connectivity index (χ4n) is 2.80. The second-order valence-corrected chi connectivity index (χ2v) is 5.75. The number of methoxy groups -OCH3 is 2. The van der Waals surface area contributed by atoms with Gasteiger partial charge in [0.05, 0.1) is 20.3 Å². The van der Waals surface area contributed by atoms with Crippen molar-refractivity contribution < 1.29 is 19.0 Å². The lowest BCUT2D eigenvalue weighted by Gasteiger charge is -2.22. The van der Waals surface area contributed by atoms with Crippen LogP contribution in [0.25, 0.3) is 0 Å². The fraction of sp³-hybridized carbons (Fsp3) is 0.350. The number of carbonyl (C=O) groups excluding carboxylic acids is 1. The van der Waals surface area contributed by atoms with Gasteiger partial charge in [-0.2, -0.15) is 0 Å². The molecule has 2 aromatic carbocycles. The molecule has 2 rings (SSSR count). The van der Waals surface area contributed by atoms with Crippen LogP contribution in [-0.2, 0) is 9.53 Å². The Kier molecular flexibility index (Phi) is 6.24. The largest absolute Gasteiger partial charge is 0.497 e. The van der Waals surface area contributed by atoms with Gasteiger partial charge in [0.25, 0.3) is 0 Å². The SMILES string of the molecule is COc1ccc(C(CC(C)OC(C)=O)c2ccc(OC)cc2)cc1. The van der Waals surface area contributed by atoms with E-state index in [2.05, 4.69) is 0 Å². The van der Waals surface area contributed by atoms with Crippen LogP contribution in [0.15, 0.2) is 48.5 Å². The van der Waals surface area contributed by atoms with Gasteiger partial charge in [0.2, 0.25) is 0 Å². The highest BCUT2D eigenvalue weighted by molar-refractivity contribution is 5.66. The van der Waals surface area contributed by atoms with Gasteiger partial charge in [-0.25, -0.2) is 0 Å². The molecule has 0 fully saturated rings. The summed E-state index contributed by atoms with van der Waals surface area (Å²) in [5.74, 6) is 1.50. The quantitative estimate of drug-likeness (QED) is 0.715. The Balaban J connectivity index is 2.29. The Hall–Kier alpha value is -2.49. The summed E-state index contributed by atoms with van der Waals surface area (Å²) in [6.45, 7) is 3.35. The molecule has 24 heavy (non-hydrogen) atoms. The lowest BCUT2D eigenvalue weighted by Crippen LogP contribution is -2.17. The van der Waals surface area contributed by atoms with Crippen LogP contribution in [0.4, 0.5) is 0 Å². The van der Waals surface area contributed by atoms with Crippen LogP contribution < -0.4 is 9.47 Å². The molecule has 128 valence electrons. The topological polar surface area (TPSA) is 44.8 Å². The second kappa shape index (κ2) is 8.39. The molecular formula is C20H24O4. The highest BCUT2D eigenvalue weighted by Gasteiger charge is 2.19. The van der Waals surface area contributed by atoms with Crippen LogP contribution in [0.1, 0.15) is 37.3 Å². The minimum atomic E-state index is -0.259. The molecule has 2 aromatic rings. The summed E-state index contributed by atoms with van der Waals surface area (Å²) in [5.41, 5.74) is 2.31. The van der Waals surface area contributed by atoms with Crippen molar-refractivity contribution in [3.05, 3.63) is 59.7 Å². The van der Waals surface area contributed by atoms with Crippen LogP contribution in [0, 0.1) is 0 Å². The summed E-state index contributed by atoms with van der Waals surface area (Å²) >= 11 is 0. The zero-order valence-corrected chi connectivity index (χ0v) is 14.6. The Bertz CT molecular complexity index is 599. The van der Waals surface area contributed by atoms with Gasteiger partial charge in [-0.15, -0.1) is 0 Å². The third-order valence-corrected chi connectivity index (χ3v) is 3.97. The van der Waals surface area contributed by atoms with Gasteiger partial charge in [0.1, 0.15) is 11.5 Å². The molecule has 0 heterocycles. The Morgan fingerprint density at radius 1 is 0.875 bits per heavy atom. The minimum absolute atomic E-state index is 0.121. The maximum Gasteiger partial charge on any atom is 0.302 e. The maximum absolute atomic E-state index is 11.2. The molecule has 0 aromatic heterocycles. The van der Waals surface area contributed by atoms with E-state index in [0.29, 0.717) is 6.42 Å². The highest BCUT2D eigenvalue weighted by atomic mass is 16.5. The first-order valence-corrected chi connectivity index (χ1v) is 7.98. The Labute approximate surface area is 143 Å². The zero-order chi connectivity index (χ0) is 17.5. The first-order chi connectivity index (χ1) is 11.5. The van der Waals surface area contributed by atoms with Gasteiger partial charge in [-0.05, 0) is 48.7 Å². The van der Waals surface area contributed by atoms with Crippen molar-refractivity contribution in [2.24, 2.45) is 0 Å². The summed E-state index contributed by atoms with van der Waals surface area (Å²) in [5, 5.41) is 0. The van der Waals surface area contributed by atoms with E-state index in [4.69, 9.17) is 14.2 Å². The van der Waals surface area contributed by atoms with Gasteiger partial charge in [0, 0.05) is 12.8 Å². The highest BCUT2D eigenvalue weighted by Crippen LogP contribution is 2.32. The molecule has 0 N–H and O–H groups in total. The first kappa shape index (κ1) is 17.9. The molecule has 4 nitrogen and oxygen atoms in total. The lowest BCUT2D eigenvalue weighted by molar-refractivity contribution is -0.145. The molecule has 0 amide bonds. The average molecular weight is 328 g/mol. The van der Waals surface area contributed by atoms with Crippen molar-refractivity contribution in [1.29, 1.82) is 0 Å². The van der Waals surface area contributed by atoms with E-state index in [-0.39, 0.29) is 18.0 Å². The van der Waals surface area contributed by atoms with Crippen LogP contribution in [0.3, 0.4) is 0 Å². The molecule has 0 saturated carbocycles. The van der Waals surface area contributed by atoms with Gasteiger partial charge in [-0.1, -0.05) is 24.3 Å². The predicted molar refractivity (Wildman–Crippen MR) is 93.7 cm³/mol. The summed E-state index contributed by atoms with van der Waals surface area (Å²) < 4.78 is 15.8. The number of hydrogen-bond acceptors (Lipinski definition) is 4. The van der Waals surface area contributed by atoms with Crippen molar-refractivity contribution >= 4 is 5.97 Å². The Morgan fingerprint density at radius 2 is 1.29 bits per heavy atom. The molecule has 0 saturated heterocycles. The summed E-state index contributed by atoms with van der Waals surface area (Å²) in [7, 11) is 3.30. The molecule has 1 unspecified atom stereocenters. The monoisotopic (exact) mass is 328 g/mol. The normalized spacial score (nSPS) is 11.9. The smallest absolute Gasteiger partial charge is 0.302 e. The van der Waals surface area contributed by atoms with E-state index in [0.717, 1.165) is 22.6 Å². The fourth-order valence-corrected chi connectivity index (χ4v) is 2.80. The third kappa shape index (κ3) is 4.75. The molecule has 4 heteroatoms. The van der Waals surface area contributed by atoms with Crippen molar-refractivity contribution in [3.8, 4) is 11.5 Å². The summed E-state index contributed by atoms with van der Waals surface area (Å²) in [6.07, 6.45) is 0.537. The van der Waals surface area contributed by atoms with Gasteiger partial charge in [0.15, 0.2) is 0 Å². The zero-order valence-electron chi connectivity index (χ0n) is 14.6. The molecule has 1 atom stereocenters. The van der Waals surface area contributed by atoms with Crippen LogP contribution in [0.2, 0.25) is 0 Å². The van der Waals surface area contributed by atoms with Crippen LogP contribution >= 0.6 is 0 Å². The van der Waals surface area contributed by atoms with Crippen LogP contribution in [-0.4, -0.2) is 26.3 Å². The Morgan fingerprint density at radius 3 is 1.62 bits per heavy atom. The molecule has 0 aliphatic carbocycles. The van der Waals surface area contributed by atoms with Gasteiger partial charge in [-0.3, -0.25) is 4.79 Å². The molecule has 0 aliphatic heterocycles. The second-order valence-electron chi connectivity index (χ2n) is 5.75.